The lowest BCUT2D eigenvalue weighted by molar-refractivity contribution is 0.330. The highest BCUT2D eigenvalue weighted by molar-refractivity contribution is 6.22. The summed E-state index contributed by atoms with van der Waals surface area (Å²) in [5.41, 5.74) is 13.9. The molecule has 55 heavy (non-hydrogen) atoms. The molecule has 10 rings (SSSR count). The van der Waals surface area contributed by atoms with Gasteiger partial charge in [-0.25, -0.2) is 0 Å². The van der Waals surface area contributed by atoms with Gasteiger partial charge in [0, 0.05) is 10.8 Å². The molecule has 5 N–H and O–H groups in total. The average molecular weight is 719 g/mol. The first-order chi connectivity index (χ1) is 26.4. The first-order valence-corrected chi connectivity index (χ1v) is 18.6. The molecule has 0 fully saturated rings. The zero-order chi connectivity index (χ0) is 38.1. The number of benzene rings is 8. The highest BCUT2D eigenvalue weighted by atomic mass is 16.4. The van der Waals surface area contributed by atoms with E-state index in [1.54, 1.807) is 6.07 Å². The zero-order valence-corrected chi connectivity index (χ0v) is 30.9. The van der Waals surface area contributed by atoms with Crippen molar-refractivity contribution in [2.45, 2.75) is 38.5 Å². The van der Waals surface area contributed by atoms with Crippen molar-refractivity contribution in [3.8, 4) is 84.4 Å². The Morgan fingerprint density at radius 1 is 0.309 bits per heavy atom. The van der Waals surface area contributed by atoms with E-state index in [-0.39, 0.29) is 16.4 Å². The molecule has 0 amide bonds. The molecule has 0 saturated carbocycles. The molecule has 0 unspecified atom stereocenters. The van der Waals surface area contributed by atoms with Crippen molar-refractivity contribution in [3.05, 3.63) is 150 Å². The fraction of sp³-hybridized carbons (Fsp3) is 0.120. The van der Waals surface area contributed by atoms with Gasteiger partial charge in [0.15, 0.2) is 11.5 Å². The van der Waals surface area contributed by atoms with E-state index in [1.165, 1.54) is 44.5 Å². The van der Waals surface area contributed by atoms with Crippen molar-refractivity contribution in [1.29, 1.82) is 0 Å². The van der Waals surface area contributed by atoms with Crippen molar-refractivity contribution in [2.24, 2.45) is 0 Å². The third-order valence-electron chi connectivity index (χ3n) is 12.4. The predicted octanol–water partition coefficient (Wildman–Crippen LogP) is 12.1. The number of hydrogen-bond donors (Lipinski definition) is 5. The fourth-order valence-electron chi connectivity index (χ4n) is 9.63. The zero-order valence-electron chi connectivity index (χ0n) is 30.9. The summed E-state index contributed by atoms with van der Waals surface area (Å²) in [6, 6.07) is 44.7. The molecule has 0 saturated heterocycles. The van der Waals surface area contributed by atoms with Gasteiger partial charge in [0.1, 0.15) is 0 Å². The Labute approximate surface area is 318 Å². The van der Waals surface area contributed by atoms with Crippen LogP contribution in [0.5, 0.6) is 28.7 Å². The molecule has 2 aliphatic carbocycles. The number of phenols is 5. The monoisotopic (exact) mass is 718 g/mol. The van der Waals surface area contributed by atoms with Gasteiger partial charge in [0.05, 0.1) is 5.56 Å². The van der Waals surface area contributed by atoms with Crippen LogP contribution >= 0.6 is 0 Å². The van der Waals surface area contributed by atoms with E-state index in [4.69, 9.17) is 0 Å². The molecule has 268 valence electrons. The molecule has 0 aromatic heterocycles. The summed E-state index contributed by atoms with van der Waals surface area (Å²) in [4.78, 5) is 0. The molecule has 8 aromatic carbocycles. The maximum Gasteiger partial charge on any atom is 0.208 e. The maximum absolute atomic E-state index is 11.1. The molecule has 0 aliphatic heterocycles. The number of fused-ring (bicyclic) bond motifs is 8. The Balaban J connectivity index is 1.30. The van der Waals surface area contributed by atoms with Crippen LogP contribution in [0.2, 0.25) is 0 Å². The van der Waals surface area contributed by atoms with Gasteiger partial charge in [-0.3, -0.25) is 0 Å². The van der Waals surface area contributed by atoms with Crippen molar-refractivity contribution >= 4 is 21.5 Å². The van der Waals surface area contributed by atoms with E-state index in [2.05, 4.69) is 137 Å². The van der Waals surface area contributed by atoms with Crippen LogP contribution in [0.25, 0.3) is 77.2 Å². The normalized spacial score (nSPS) is 14.5. The quantitative estimate of drug-likeness (QED) is 0.0711. The third kappa shape index (κ3) is 4.35. The molecule has 0 bridgehead atoms. The van der Waals surface area contributed by atoms with E-state index in [9.17, 15) is 25.5 Å². The second-order valence-electron chi connectivity index (χ2n) is 16.0. The van der Waals surface area contributed by atoms with Gasteiger partial charge in [0.25, 0.3) is 0 Å². The van der Waals surface area contributed by atoms with Crippen molar-refractivity contribution < 1.29 is 25.5 Å². The highest BCUT2D eigenvalue weighted by Crippen LogP contribution is 2.57. The summed E-state index contributed by atoms with van der Waals surface area (Å²) < 4.78 is 0. The van der Waals surface area contributed by atoms with Crippen molar-refractivity contribution in [1.82, 2.24) is 0 Å². The largest absolute Gasteiger partial charge is 0.504 e. The molecule has 0 heterocycles. The lowest BCUT2D eigenvalue weighted by Gasteiger charge is -2.24. The van der Waals surface area contributed by atoms with E-state index >= 15 is 0 Å². The molecular formula is C50H38O5. The maximum atomic E-state index is 11.1. The Bertz CT molecular complexity index is 2960. The van der Waals surface area contributed by atoms with Gasteiger partial charge in [-0.15, -0.1) is 0 Å². The molecule has 0 radical (unpaired) electrons. The van der Waals surface area contributed by atoms with Gasteiger partial charge in [0.2, 0.25) is 17.2 Å². The van der Waals surface area contributed by atoms with Crippen LogP contribution in [-0.2, 0) is 10.8 Å². The Morgan fingerprint density at radius 2 is 0.673 bits per heavy atom. The number of hydrogen-bond acceptors (Lipinski definition) is 5. The standard InChI is InChI=1S/C50H38O5/c1-49(2)37-15-9-7-11-29(37)31-20-17-27(24-39(31)49)41-33-13-5-6-14-34(33)42(28-18-21-32-30-12-8-10-16-38(30)50(3,4)40(32)25-28)36-23-26(19-22-35(36)41)43-44(51)46(53)48(55)47(54)45(43)52/h5-25,51-55H,1-4H3. The summed E-state index contributed by atoms with van der Waals surface area (Å²) in [7, 11) is 0. The molecule has 5 heteroatoms. The Morgan fingerprint density at radius 3 is 1.18 bits per heavy atom. The van der Waals surface area contributed by atoms with Crippen LogP contribution in [0.3, 0.4) is 0 Å². The summed E-state index contributed by atoms with van der Waals surface area (Å²) in [6.45, 7) is 9.09. The van der Waals surface area contributed by atoms with Gasteiger partial charge in [-0.1, -0.05) is 137 Å². The number of aromatic hydroxyl groups is 5. The second kappa shape index (κ2) is 11.2. The van der Waals surface area contributed by atoms with E-state index in [0.717, 1.165) is 43.8 Å². The summed E-state index contributed by atoms with van der Waals surface area (Å²) in [5, 5.41) is 57.4. The molecule has 2 aliphatic rings. The minimum atomic E-state index is -0.989. The first kappa shape index (κ1) is 32.9. The average Bonchev–Trinajstić information content (AvgIpc) is 3.57. The fourth-order valence-corrected chi connectivity index (χ4v) is 9.63. The third-order valence-corrected chi connectivity index (χ3v) is 12.4. The molecule has 5 nitrogen and oxygen atoms in total. The summed E-state index contributed by atoms with van der Waals surface area (Å²) in [5.74, 6) is -4.27. The van der Waals surface area contributed by atoms with Gasteiger partial charge >= 0.3 is 0 Å². The number of phenolic OH excluding ortho intramolecular Hbond substituents is 5. The van der Waals surface area contributed by atoms with Gasteiger partial charge in [-0.05, 0) is 112 Å². The summed E-state index contributed by atoms with van der Waals surface area (Å²) >= 11 is 0. The van der Waals surface area contributed by atoms with Crippen LogP contribution < -0.4 is 0 Å². The van der Waals surface area contributed by atoms with Gasteiger partial charge in [-0.2, -0.15) is 0 Å². The SMILES string of the molecule is CC1(C)c2ccccc2-c2ccc(-c3c4ccccc4c(-c4ccc5c(c4)C(C)(C)c4ccccc4-5)c4cc(-c5c(O)c(O)c(O)c(O)c5O)ccc34)cc21. The number of rotatable bonds is 3. The Kier molecular flexibility index (Phi) is 6.67. The lowest BCUT2D eigenvalue weighted by atomic mass is 9.79. The van der Waals surface area contributed by atoms with E-state index in [1.807, 2.05) is 12.1 Å². The predicted molar refractivity (Wildman–Crippen MR) is 221 cm³/mol. The molecule has 0 spiro atoms. The van der Waals surface area contributed by atoms with Crippen LogP contribution in [-0.4, -0.2) is 25.5 Å². The minimum absolute atomic E-state index is 0.182. The van der Waals surface area contributed by atoms with E-state index in [0.29, 0.717) is 5.56 Å². The minimum Gasteiger partial charge on any atom is -0.504 e. The van der Waals surface area contributed by atoms with Crippen LogP contribution in [0.4, 0.5) is 0 Å². The van der Waals surface area contributed by atoms with Crippen LogP contribution in [0, 0.1) is 0 Å². The van der Waals surface area contributed by atoms with Crippen LogP contribution in [0.1, 0.15) is 49.9 Å². The van der Waals surface area contributed by atoms with E-state index < -0.39 is 28.7 Å². The summed E-state index contributed by atoms with van der Waals surface area (Å²) in [6.07, 6.45) is 0. The molecule has 0 atom stereocenters. The molecule has 8 aromatic rings. The van der Waals surface area contributed by atoms with Crippen LogP contribution in [0.15, 0.2) is 127 Å². The smallest absolute Gasteiger partial charge is 0.208 e. The Hall–Kier alpha value is -6.72. The van der Waals surface area contributed by atoms with Gasteiger partial charge < -0.3 is 25.5 Å². The first-order valence-electron chi connectivity index (χ1n) is 18.6. The highest BCUT2D eigenvalue weighted by Gasteiger charge is 2.37. The second-order valence-corrected chi connectivity index (χ2v) is 16.0. The van der Waals surface area contributed by atoms with Crippen molar-refractivity contribution in [2.75, 3.05) is 0 Å². The lowest BCUT2D eigenvalue weighted by Crippen LogP contribution is -2.15. The molecular weight excluding hydrogens is 681 g/mol. The topological polar surface area (TPSA) is 101 Å². The van der Waals surface area contributed by atoms with Crippen molar-refractivity contribution in [3.63, 3.8) is 0 Å².